The quantitative estimate of drug-likeness (QED) is 0.659. The lowest BCUT2D eigenvalue weighted by Gasteiger charge is -2.27. The number of hydrogen-bond acceptors (Lipinski definition) is 1. The second-order valence-corrected chi connectivity index (χ2v) is 5.83. The fourth-order valence-electron chi connectivity index (χ4n) is 2.74. The fraction of sp³-hybridized carbons (Fsp3) is 0.647. The van der Waals surface area contributed by atoms with Gasteiger partial charge in [0, 0.05) is 6.04 Å². The van der Waals surface area contributed by atoms with Crippen molar-refractivity contribution in [2.75, 3.05) is 6.54 Å². The Morgan fingerprint density at radius 2 is 2.00 bits per heavy atom. The van der Waals surface area contributed by atoms with Crippen LogP contribution in [0, 0.1) is 11.7 Å². The van der Waals surface area contributed by atoms with Crippen molar-refractivity contribution in [3.05, 3.63) is 34.6 Å². The summed E-state index contributed by atoms with van der Waals surface area (Å²) in [6.45, 7) is 7.58. The van der Waals surface area contributed by atoms with Gasteiger partial charge in [-0.25, -0.2) is 4.39 Å². The Bertz CT molecular complexity index is 395. The third kappa shape index (κ3) is 5.41. The van der Waals surface area contributed by atoms with Crippen LogP contribution in [0.25, 0.3) is 0 Å². The zero-order valence-corrected chi connectivity index (χ0v) is 13.6. The van der Waals surface area contributed by atoms with Crippen molar-refractivity contribution in [2.45, 2.75) is 58.9 Å². The zero-order chi connectivity index (χ0) is 15.0. The van der Waals surface area contributed by atoms with Crippen molar-refractivity contribution < 1.29 is 4.39 Å². The molecule has 0 radical (unpaired) electrons. The van der Waals surface area contributed by atoms with Crippen LogP contribution in [0.5, 0.6) is 0 Å². The van der Waals surface area contributed by atoms with Crippen LogP contribution < -0.4 is 5.32 Å². The molecule has 20 heavy (non-hydrogen) atoms. The Labute approximate surface area is 127 Å². The Morgan fingerprint density at radius 3 is 2.55 bits per heavy atom. The summed E-state index contributed by atoms with van der Waals surface area (Å²) >= 11 is 5.88. The third-order valence-electron chi connectivity index (χ3n) is 3.93. The molecular weight excluding hydrogens is 273 g/mol. The average molecular weight is 300 g/mol. The molecule has 0 aliphatic heterocycles. The Hall–Kier alpha value is -0.600. The number of rotatable bonds is 9. The average Bonchev–Trinajstić information content (AvgIpc) is 2.44. The molecule has 0 heterocycles. The molecule has 0 aliphatic carbocycles. The highest BCUT2D eigenvalue weighted by Crippen LogP contribution is 2.22. The van der Waals surface area contributed by atoms with Crippen molar-refractivity contribution in [1.82, 2.24) is 5.32 Å². The molecule has 0 bridgehead atoms. The maximum absolute atomic E-state index is 13.2. The van der Waals surface area contributed by atoms with E-state index in [1.807, 2.05) is 6.07 Å². The van der Waals surface area contributed by atoms with E-state index >= 15 is 0 Å². The standard InChI is InChI=1S/C17H27ClFN/c1-4-7-8-14(5-2)17(20-6-3)12-13-9-10-16(19)15(18)11-13/h9-11,14,17,20H,4-8,12H2,1-3H3. The summed E-state index contributed by atoms with van der Waals surface area (Å²) in [7, 11) is 0. The molecule has 0 saturated heterocycles. The summed E-state index contributed by atoms with van der Waals surface area (Å²) in [5, 5.41) is 3.81. The summed E-state index contributed by atoms with van der Waals surface area (Å²) in [4.78, 5) is 0. The molecule has 1 rings (SSSR count). The van der Waals surface area contributed by atoms with E-state index in [4.69, 9.17) is 11.6 Å². The van der Waals surface area contributed by atoms with Gasteiger partial charge in [-0.2, -0.15) is 0 Å². The van der Waals surface area contributed by atoms with Gasteiger partial charge in [-0.05, 0) is 43.0 Å². The Balaban J connectivity index is 2.75. The summed E-state index contributed by atoms with van der Waals surface area (Å²) in [6, 6.07) is 5.51. The maximum Gasteiger partial charge on any atom is 0.141 e. The molecule has 114 valence electrons. The summed E-state index contributed by atoms with van der Waals surface area (Å²) < 4.78 is 13.2. The molecule has 1 aromatic carbocycles. The van der Waals surface area contributed by atoms with Crippen molar-refractivity contribution >= 4 is 11.6 Å². The predicted octanol–water partition coefficient (Wildman–Crippen LogP) is 5.22. The number of benzene rings is 1. The minimum absolute atomic E-state index is 0.222. The SMILES string of the molecule is CCCCC(CC)C(Cc1ccc(F)c(Cl)c1)NCC. The van der Waals surface area contributed by atoms with Crippen LogP contribution in [0.3, 0.4) is 0 Å². The van der Waals surface area contributed by atoms with E-state index in [9.17, 15) is 4.39 Å². The van der Waals surface area contributed by atoms with Gasteiger partial charge in [-0.1, -0.05) is 57.7 Å². The molecule has 1 aromatic rings. The van der Waals surface area contributed by atoms with Crippen molar-refractivity contribution in [2.24, 2.45) is 5.92 Å². The monoisotopic (exact) mass is 299 g/mol. The molecule has 0 aliphatic rings. The van der Waals surface area contributed by atoms with Gasteiger partial charge >= 0.3 is 0 Å². The number of likely N-dealkylation sites (N-methyl/N-ethyl adjacent to an activating group) is 1. The van der Waals surface area contributed by atoms with Crippen LogP contribution in [0.1, 0.15) is 52.0 Å². The molecule has 2 unspecified atom stereocenters. The first-order chi connectivity index (χ1) is 9.62. The number of unbranched alkanes of at least 4 members (excludes halogenated alkanes) is 1. The first-order valence-corrected chi connectivity index (χ1v) is 8.17. The topological polar surface area (TPSA) is 12.0 Å². The molecule has 0 saturated carbocycles. The molecule has 1 nitrogen and oxygen atoms in total. The predicted molar refractivity (Wildman–Crippen MR) is 85.9 cm³/mol. The largest absolute Gasteiger partial charge is 0.314 e. The molecule has 0 fully saturated rings. The van der Waals surface area contributed by atoms with Crippen LogP contribution in [0.2, 0.25) is 5.02 Å². The van der Waals surface area contributed by atoms with Gasteiger partial charge in [-0.3, -0.25) is 0 Å². The molecule has 0 aromatic heterocycles. The van der Waals surface area contributed by atoms with Gasteiger partial charge in [0.1, 0.15) is 5.82 Å². The molecule has 3 heteroatoms. The van der Waals surface area contributed by atoms with Gasteiger partial charge in [0.15, 0.2) is 0 Å². The van der Waals surface area contributed by atoms with Crippen LogP contribution in [-0.2, 0) is 6.42 Å². The van der Waals surface area contributed by atoms with E-state index in [2.05, 4.69) is 26.1 Å². The fourth-order valence-corrected chi connectivity index (χ4v) is 2.95. The summed E-state index contributed by atoms with van der Waals surface area (Å²) in [5.74, 6) is 0.326. The van der Waals surface area contributed by atoms with Crippen molar-refractivity contribution in [1.29, 1.82) is 0 Å². The van der Waals surface area contributed by atoms with Gasteiger partial charge < -0.3 is 5.32 Å². The van der Waals surface area contributed by atoms with Crippen LogP contribution >= 0.6 is 11.6 Å². The minimum Gasteiger partial charge on any atom is -0.314 e. The molecule has 0 spiro atoms. The number of halogens is 2. The summed E-state index contributed by atoms with van der Waals surface area (Å²) in [5.41, 5.74) is 1.11. The highest BCUT2D eigenvalue weighted by Gasteiger charge is 2.19. The lowest BCUT2D eigenvalue weighted by molar-refractivity contribution is 0.319. The first-order valence-electron chi connectivity index (χ1n) is 7.79. The van der Waals surface area contributed by atoms with Crippen molar-refractivity contribution in [3.8, 4) is 0 Å². The molecule has 2 atom stereocenters. The van der Waals surface area contributed by atoms with E-state index in [-0.39, 0.29) is 10.8 Å². The van der Waals surface area contributed by atoms with Crippen LogP contribution in [0.15, 0.2) is 18.2 Å². The van der Waals surface area contributed by atoms with Crippen molar-refractivity contribution in [3.63, 3.8) is 0 Å². The van der Waals surface area contributed by atoms with E-state index in [1.165, 1.54) is 31.7 Å². The Morgan fingerprint density at radius 1 is 1.25 bits per heavy atom. The van der Waals surface area contributed by atoms with Gasteiger partial charge in [0.05, 0.1) is 5.02 Å². The molecular formula is C17H27ClFN. The lowest BCUT2D eigenvalue weighted by atomic mass is 9.87. The highest BCUT2D eigenvalue weighted by molar-refractivity contribution is 6.30. The molecule has 0 amide bonds. The van der Waals surface area contributed by atoms with Gasteiger partial charge in [-0.15, -0.1) is 0 Å². The van der Waals surface area contributed by atoms with Gasteiger partial charge in [0.25, 0.3) is 0 Å². The Kier molecular flexibility index (Phi) is 8.16. The zero-order valence-electron chi connectivity index (χ0n) is 12.9. The highest BCUT2D eigenvalue weighted by atomic mass is 35.5. The van der Waals surface area contributed by atoms with E-state index in [1.54, 1.807) is 6.07 Å². The van der Waals surface area contributed by atoms with E-state index in [0.717, 1.165) is 18.5 Å². The third-order valence-corrected chi connectivity index (χ3v) is 4.22. The van der Waals surface area contributed by atoms with Crippen LogP contribution in [-0.4, -0.2) is 12.6 Å². The second-order valence-electron chi connectivity index (χ2n) is 5.43. The van der Waals surface area contributed by atoms with Crippen LogP contribution in [0.4, 0.5) is 4.39 Å². The maximum atomic E-state index is 13.2. The van der Waals surface area contributed by atoms with Gasteiger partial charge in [0.2, 0.25) is 0 Å². The number of hydrogen-bond donors (Lipinski definition) is 1. The van der Waals surface area contributed by atoms with E-state index in [0.29, 0.717) is 12.0 Å². The molecule has 1 N–H and O–H groups in total. The lowest BCUT2D eigenvalue weighted by Crippen LogP contribution is -2.37. The second kappa shape index (κ2) is 9.36. The normalized spacial score (nSPS) is 14.2. The number of nitrogens with one attached hydrogen (secondary N) is 1. The summed E-state index contributed by atoms with van der Waals surface area (Å²) in [6.07, 6.45) is 5.84. The van der Waals surface area contributed by atoms with E-state index < -0.39 is 0 Å². The minimum atomic E-state index is -0.339. The smallest absolute Gasteiger partial charge is 0.141 e. The first kappa shape index (κ1) is 17.5.